The maximum Gasteiger partial charge on any atom is 0.263 e. The number of benzene rings is 3. The Kier molecular flexibility index (Phi) is 16.4. The van der Waals surface area contributed by atoms with Crippen molar-refractivity contribution in [1.29, 1.82) is 0 Å². The summed E-state index contributed by atoms with van der Waals surface area (Å²) < 4.78 is 49.4. The van der Waals surface area contributed by atoms with E-state index in [2.05, 4.69) is 6.92 Å². The van der Waals surface area contributed by atoms with Crippen LogP contribution in [0.2, 0.25) is 0 Å². The number of quaternary nitrogens is 1. The molecule has 1 aliphatic rings. The quantitative estimate of drug-likeness (QED) is 0.0802. The monoisotopic (exact) mass is 811 g/mol. The molecule has 294 valence electrons. The number of halogens is 3. The van der Waals surface area contributed by atoms with Crippen LogP contribution in [0.15, 0.2) is 65.6 Å². The Labute approximate surface area is 329 Å². The van der Waals surface area contributed by atoms with E-state index < -0.39 is 23.0 Å². The fraction of sp³-hybridized carbons (Fsp3) is 0.488. The third-order valence-electron chi connectivity index (χ3n) is 10.2. The zero-order chi connectivity index (χ0) is 37.8. The van der Waals surface area contributed by atoms with Gasteiger partial charge in [-0.15, -0.1) is 0 Å². The predicted octanol–water partition coefficient (Wildman–Crippen LogP) is 6.48. The molecule has 1 aromatic heterocycles. The molecule has 1 aliphatic heterocycles. The standard InChI is InChI=1S/C43H56F2N3O5.BrH/c1-5-19-48(21-14-12-15-22-48)20-13-10-9-11-16-23-53-36-17-18-39-41(30-36)47(35-27-37(51-7-3)29-38(28-35)52-8-4)31-40(42(39)49)43(50)46(6-2)34-25-32(44)24-33(45)26-34;/h17-18,24-31H,5-16,19-23H2,1-4H3;1H/q+1;/p-1. The molecule has 54 heavy (non-hydrogen) atoms. The smallest absolute Gasteiger partial charge is 0.263 e. The van der Waals surface area contributed by atoms with Gasteiger partial charge >= 0.3 is 0 Å². The van der Waals surface area contributed by atoms with Crippen LogP contribution in [0.5, 0.6) is 17.2 Å². The molecular weight excluding hydrogens is 756 g/mol. The van der Waals surface area contributed by atoms with E-state index in [0.29, 0.717) is 53.7 Å². The van der Waals surface area contributed by atoms with Crippen molar-refractivity contribution in [3.05, 3.63) is 88.2 Å². The van der Waals surface area contributed by atoms with Gasteiger partial charge in [0.1, 0.15) is 34.4 Å². The van der Waals surface area contributed by atoms with Crippen LogP contribution in [0.4, 0.5) is 14.5 Å². The first-order chi connectivity index (χ1) is 25.7. The van der Waals surface area contributed by atoms with Gasteiger partial charge in [0.15, 0.2) is 0 Å². The average molecular weight is 813 g/mol. The molecule has 5 rings (SSSR count). The summed E-state index contributed by atoms with van der Waals surface area (Å²) in [6, 6.07) is 13.5. The lowest BCUT2D eigenvalue weighted by Gasteiger charge is -2.41. The third-order valence-corrected chi connectivity index (χ3v) is 10.2. The van der Waals surface area contributed by atoms with Crippen molar-refractivity contribution < 1.29 is 49.3 Å². The van der Waals surface area contributed by atoms with Crippen molar-refractivity contribution >= 4 is 22.5 Å². The van der Waals surface area contributed by atoms with Crippen LogP contribution in [0.1, 0.15) is 95.8 Å². The normalized spacial score (nSPS) is 13.7. The van der Waals surface area contributed by atoms with E-state index in [1.807, 2.05) is 32.0 Å². The summed E-state index contributed by atoms with van der Waals surface area (Å²) in [5.74, 6) is -0.589. The van der Waals surface area contributed by atoms with Gasteiger partial charge in [-0.1, -0.05) is 19.8 Å². The average Bonchev–Trinajstić information content (AvgIpc) is 3.13. The highest BCUT2D eigenvalue weighted by atomic mass is 79.9. The van der Waals surface area contributed by atoms with E-state index in [9.17, 15) is 18.4 Å². The number of likely N-dealkylation sites (tertiary alicyclic amines) is 1. The highest BCUT2D eigenvalue weighted by molar-refractivity contribution is 6.07. The maximum absolute atomic E-state index is 14.2. The van der Waals surface area contributed by atoms with Crippen LogP contribution < -0.4 is 41.5 Å². The van der Waals surface area contributed by atoms with Gasteiger partial charge in [-0.3, -0.25) is 9.59 Å². The summed E-state index contributed by atoms with van der Waals surface area (Å²) >= 11 is 0. The number of hydrogen-bond donors (Lipinski definition) is 0. The van der Waals surface area contributed by atoms with Gasteiger partial charge in [0, 0.05) is 54.1 Å². The molecule has 4 aromatic rings. The minimum Gasteiger partial charge on any atom is -1.00 e. The molecule has 2 heterocycles. The Bertz CT molecular complexity index is 1850. The minimum atomic E-state index is -0.819. The molecule has 0 atom stereocenters. The molecule has 3 aromatic carbocycles. The number of aromatic nitrogens is 1. The first kappa shape index (κ1) is 42.8. The van der Waals surface area contributed by atoms with Gasteiger partial charge in [0.2, 0.25) is 5.43 Å². The molecule has 0 unspecified atom stereocenters. The molecule has 1 saturated heterocycles. The number of ether oxygens (including phenoxy) is 3. The predicted molar refractivity (Wildman–Crippen MR) is 208 cm³/mol. The number of hydrogen-bond acceptors (Lipinski definition) is 5. The Hall–Kier alpha value is -3.96. The number of piperidine rings is 1. The molecular formula is C43H56BrF2N3O5. The van der Waals surface area contributed by atoms with Crippen LogP contribution in [0.3, 0.4) is 0 Å². The highest BCUT2D eigenvalue weighted by Crippen LogP contribution is 2.30. The largest absolute Gasteiger partial charge is 1.00 e. The Morgan fingerprint density at radius 1 is 0.759 bits per heavy atom. The first-order valence-electron chi connectivity index (χ1n) is 19.6. The summed E-state index contributed by atoms with van der Waals surface area (Å²) in [7, 11) is 0. The van der Waals surface area contributed by atoms with Crippen molar-refractivity contribution in [1.82, 2.24) is 4.57 Å². The lowest BCUT2D eigenvalue weighted by atomic mass is 10.0. The van der Waals surface area contributed by atoms with Gasteiger partial charge in [0.05, 0.1) is 57.2 Å². The fourth-order valence-corrected chi connectivity index (χ4v) is 7.73. The number of carbonyl (C=O) groups excluding carboxylic acids is 1. The molecule has 1 fully saturated rings. The van der Waals surface area contributed by atoms with Crippen LogP contribution in [0.25, 0.3) is 16.6 Å². The SMILES string of the molecule is CCC[N+]1(CCCCCCCOc2ccc3c(=O)c(C(=O)N(CC)c4cc(F)cc(F)c4)cn(-c4cc(OCC)cc(OCC)c4)c3c2)CCCCC1.[Br-]. The Balaban J connectivity index is 0.00000650. The van der Waals surface area contributed by atoms with E-state index in [4.69, 9.17) is 14.2 Å². The molecule has 0 N–H and O–H groups in total. The lowest BCUT2D eigenvalue weighted by Crippen LogP contribution is -3.00. The van der Waals surface area contributed by atoms with Gasteiger partial charge in [0.25, 0.3) is 5.91 Å². The number of amides is 1. The highest BCUT2D eigenvalue weighted by Gasteiger charge is 2.28. The van der Waals surface area contributed by atoms with Gasteiger partial charge in [-0.05, 0) is 90.0 Å². The molecule has 8 nitrogen and oxygen atoms in total. The number of unbranched alkanes of at least 4 members (excludes halogenated alkanes) is 4. The summed E-state index contributed by atoms with van der Waals surface area (Å²) in [5, 5.41) is 0.293. The summed E-state index contributed by atoms with van der Waals surface area (Å²) in [4.78, 5) is 29.3. The molecule has 0 spiro atoms. The molecule has 0 bridgehead atoms. The van der Waals surface area contributed by atoms with Crippen LogP contribution in [-0.4, -0.2) is 67.5 Å². The van der Waals surface area contributed by atoms with E-state index in [-0.39, 0.29) is 34.8 Å². The van der Waals surface area contributed by atoms with E-state index in [0.717, 1.165) is 31.0 Å². The summed E-state index contributed by atoms with van der Waals surface area (Å²) in [6.07, 6.45) is 12.6. The Morgan fingerprint density at radius 3 is 2.04 bits per heavy atom. The topological polar surface area (TPSA) is 70.0 Å². The zero-order valence-electron chi connectivity index (χ0n) is 32.3. The second-order valence-electron chi connectivity index (χ2n) is 14.0. The van der Waals surface area contributed by atoms with E-state index >= 15 is 0 Å². The fourth-order valence-electron chi connectivity index (χ4n) is 7.73. The number of rotatable bonds is 19. The third kappa shape index (κ3) is 10.8. The second kappa shape index (κ2) is 20.6. The van der Waals surface area contributed by atoms with Crippen molar-refractivity contribution in [2.75, 3.05) is 57.4 Å². The molecule has 0 aliphatic carbocycles. The summed E-state index contributed by atoms with van der Waals surface area (Å²) in [5.41, 5.74) is 0.498. The molecule has 1 amide bonds. The number of fused-ring (bicyclic) bond motifs is 1. The summed E-state index contributed by atoms with van der Waals surface area (Å²) in [6.45, 7) is 14.5. The van der Waals surface area contributed by atoms with E-state index in [1.54, 1.807) is 29.7 Å². The maximum atomic E-state index is 14.2. The van der Waals surface area contributed by atoms with Crippen molar-refractivity contribution in [3.63, 3.8) is 0 Å². The minimum absolute atomic E-state index is 0. The van der Waals surface area contributed by atoms with Gasteiger partial charge in [-0.2, -0.15) is 0 Å². The molecule has 0 radical (unpaired) electrons. The molecule has 11 heteroatoms. The first-order valence-corrected chi connectivity index (χ1v) is 19.6. The number of anilines is 1. The lowest BCUT2D eigenvalue weighted by molar-refractivity contribution is -0.932. The van der Waals surface area contributed by atoms with Crippen molar-refractivity contribution in [2.24, 2.45) is 0 Å². The number of nitrogens with zero attached hydrogens (tertiary/aromatic N) is 3. The number of pyridine rings is 1. The van der Waals surface area contributed by atoms with Crippen molar-refractivity contribution in [3.8, 4) is 22.9 Å². The van der Waals surface area contributed by atoms with Gasteiger partial charge in [-0.25, -0.2) is 8.78 Å². The number of carbonyl (C=O) groups is 1. The van der Waals surface area contributed by atoms with Crippen LogP contribution in [0, 0.1) is 11.6 Å². The van der Waals surface area contributed by atoms with Crippen LogP contribution in [-0.2, 0) is 0 Å². The van der Waals surface area contributed by atoms with Crippen LogP contribution >= 0.6 is 0 Å². The second-order valence-corrected chi connectivity index (χ2v) is 14.0. The Morgan fingerprint density at radius 2 is 1.41 bits per heavy atom. The zero-order valence-corrected chi connectivity index (χ0v) is 33.9. The van der Waals surface area contributed by atoms with Gasteiger partial charge < -0.3 is 45.1 Å². The van der Waals surface area contributed by atoms with Crippen molar-refractivity contribution in [2.45, 2.75) is 85.5 Å². The molecule has 0 saturated carbocycles. The van der Waals surface area contributed by atoms with E-state index in [1.165, 1.54) is 86.7 Å².